The minimum atomic E-state index is -3.80. The number of sulfonamides is 1. The van der Waals surface area contributed by atoms with Crippen LogP contribution in [0.25, 0.3) is 11.1 Å². The highest BCUT2D eigenvalue weighted by atomic mass is 32.2. The number of oxazole rings is 1. The van der Waals surface area contributed by atoms with Gasteiger partial charge in [0, 0.05) is 13.2 Å². The molecule has 0 atom stereocenters. The van der Waals surface area contributed by atoms with Gasteiger partial charge in [-0.3, -0.25) is 9.29 Å². The first-order chi connectivity index (χ1) is 10.4. The normalized spacial score (nSPS) is 11.7. The molecule has 7 nitrogen and oxygen atoms in total. The number of nitrogens with one attached hydrogen (secondary N) is 1. The zero-order valence-electron chi connectivity index (χ0n) is 11.9. The van der Waals surface area contributed by atoms with E-state index in [1.165, 1.54) is 36.0 Å². The van der Waals surface area contributed by atoms with Crippen molar-refractivity contribution in [1.29, 1.82) is 0 Å². The third kappa shape index (κ3) is 2.48. The van der Waals surface area contributed by atoms with E-state index in [0.29, 0.717) is 11.1 Å². The summed E-state index contributed by atoms with van der Waals surface area (Å²) in [4.78, 5) is 15.4. The monoisotopic (exact) mass is 319 g/mol. The van der Waals surface area contributed by atoms with E-state index in [1.807, 2.05) is 6.92 Å². The van der Waals surface area contributed by atoms with E-state index in [2.05, 4.69) is 9.71 Å². The first-order valence-electron chi connectivity index (χ1n) is 6.42. The molecule has 0 radical (unpaired) electrons. The molecular weight excluding hydrogens is 306 g/mol. The lowest BCUT2D eigenvalue weighted by Gasteiger charge is -2.07. The van der Waals surface area contributed by atoms with Crippen LogP contribution in [0.1, 0.15) is 5.56 Å². The van der Waals surface area contributed by atoms with Crippen molar-refractivity contribution < 1.29 is 12.8 Å². The molecule has 22 heavy (non-hydrogen) atoms. The number of benzene rings is 1. The van der Waals surface area contributed by atoms with E-state index in [-0.39, 0.29) is 10.7 Å². The van der Waals surface area contributed by atoms with Crippen LogP contribution in [0.3, 0.4) is 0 Å². The van der Waals surface area contributed by atoms with Crippen molar-refractivity contribution in [2.75, 3.05) is 4.72 Å². The summed E-state index contributed by atoms with van der Waals surface area (Å²) in [6.07, 6.45) is 1.52. The highest BCUT2D eigenvalue weighted by molar-refractivity contribution is 7.92. The van der Waals surface area contributed by atoms with Crippen molar-refractivity contribution in [3.8, 4) is 0 Å². The highest BCUT2D eigenvalue weighted by Crippen LogP contribution is 2.20. The molecule has 0 unspecified atom stereocenters. The number of fused-ring (bicyclic) bond motifs is 1. The SMILES string of the molecule is Cc1ccnc(NS(=O)(=O)c2ccc3oc(=O)n(C)c3c2)c1. The van der Waals surface area contributed by atoms with Crippen LogP contribution in [0.2, 0.25) is 0 Å². The molecule has 0 aliphatic rings. The van der Waals surface area contributed by atoms with Gasteiger partial charge < -0.3 is 4.42 Å². The fourth-order valence-corrected chi connectivity index (χ4v) is 3.08. The first-order valence-corrected chi connectivity index (χ1v) is 7.90. The number of anilines is 1. The molecular formula is C14H13N3O4S. The van der Waals surface area contributed by atoms with Gasteiger partial charge in [-0.25, -0.2) is 18.2 Å². The van der Waals surface area contributed by atoms with Gasteiger partial charge in [0.1, 0.15) is 5.82 Å². The van der Waals surface area contributed by atoms with Crippen LogP contribution >= 0.6 is 0 Å². The van der Waals surface area contributed by atoms with Crippen LogP contribution in [0.15, 0.2) is 50.6 Å². The Kier molecular flexibility index (Phi) is 3.25. The number of aryl methyl sites for hydroxylation is 2. The molecule has 1 N–H and O–H groups in total. The van der Waals surface area contributed by atoms with E-state index in [0.717, 1.165) is 5.56 Å². The molecule has 0 spiro atoms. The highest BCUT2D eigenvalue weighted by Gasteiger charge is 2.17. The fourth-order valence-electron chi connectivity index (χ4n) is 2.06. The minimum absolute atomic E-state index is 0.0275. The Labute approximate surface area is 126 Å². The molecule has 8 heteroatoms. The quantitative estimate of drug-likeness (QED) is 0.792. The predicted molar refractivity (Wildman–Crippen MR) is 81.2 cm³/mol. The molecule has 0 amide bonds. The summed E-state index contributed by atoms with van der Waals surface area (Å²) in [7, 11) is -2.28. The van der Waals surface area contributed by atoms with E-state index in [9.17, 15) is 13.2 Å². The molecule has 0 aliphatic heterocycles. The summed E-state index contributed by atoms with van der Waals surface area (Å²) in [6, 6.07) is 7.62. The maximum Gasteiger partial charge on any atom is 0.419 e. The maximum atomic E-state index is 12.4. The summed E-state index contributed by atoms with van der Waals surface area (Å²) in [5.74, 6) is -0.306. The Bertz CT molecular complexity index is 1020. The van der Waals surface area contributed by atoms with Gasteiger partial charge in [-0.15, -0.1) is 0 Å². The second kappa shape index (κ2) is 4.99. The smallest absolute Gasteiger partial charge is 0.408 e. The van der Waals surface area contributed by atoms with Crippen LogP contribution in [-0.4, -0.2) is 18.0 Å². The number of hydrogen-bond acceptors (Lipinski definition) is 5. The largest absolute Gasteiger partial charge is 0.419 e. The number of aromatic nitrogens is 2. The van der Waals surface area contributed by atoms with E-state index in [4.69, 9.17) is 4.42 Å². The molecule has 3 aromatic rings. The van der Waals surface area contributed by atoms with Gasteiger partial charge in [0.15, 0.2) is 5.58 Å². The number of nitrogens with zero attached hydrogens (tertiary/aromatic N) is 2. The number of rotatable bonds is 3. The molecule has 0 fully saturated rings. The average molecular weight is 319 g/mol. The van der Waals surface area contributed by atoms with Crippen molar-refractivity contribution in [2.45, 2.75) is 11.8 Å². The Hall–Kier alpha value is -2.61. The van der Waals surface area contributed by atoms with Gasteiger partial charge in [0.05, 0.1) is 10.4 Å². The Morgan fingerprint density at radius 2 is 2.00 bits per heavy atom. The van der Waals surface area contributed by atoms with Crippen LogP contribution in [0, 0.1) is 6.92 Å². The van der Waals surface area contributed by atoms with Crippen LogP contribution in [-0.2, 0) is 17.1 Å². The summed E-state index contributed by atoms with van der Waals surface area (Å²) < 4.78 is 33.5. The molecule has 1 aromatic carbocycles. The van der Waals surface area contributed by atoms with Crippen molar-refractivity contribution in [3.05, 3.63) is 52.6 Å². The zero-order valence-corrected chi connectivity index (χ0v) is 12.7. The standard InChI is InChI=1S/C14H13N3O4S/c1-9-5-6-15-13(7-9)16-22(19,20)10-3-4-12-11(8-10)17(2)14(18)21-12/h3-8H,1-2H3,(H,15,16). The molecule has 114 valence electrons. The lowest BCUT2D eigenvalue weighted by atomic mass is 10.3. The van der Waals surface area contributed by atoms with Crippen LogP contribution in [0.4, 0.5) is 5.82 Å². The van der Waals surface area contributed by atoms with Gasteiger partial charge in [0.25, 0.3) is 10.0 Å². The zero-order chi connectivity index (χ0) is 15.9. The lowest BCUT2D eigenvalue weighted by molar-refractivity contribution is 0.528. The summed E-state index contributed by atoms with van der Waals surface area (Å²) in [6.45, 7) is 1.84. The van der Waals surface area contributed by atoms with Crippen molar-refractivity contribution in [3.63, 3.8) is 0 Å². The molecule has 2 aromatic heterocycles. The third-order valence-electron chi connectivity index (χ3n) is 3.23. The number of pyridine rings is 1. The van der Waals surface area contributed by atoms with Gasteiger partial charge in [-0.2, -0.15) is 0 Å². The lowest BCUT2D eigenvalue weighted by Crippen LogP contribution is -2.14. The van der Waals surface area contributed by atoms with E-state index < -0.39 is 15.8 Å². The number of hydrogen-bond donors (Lipinski definition) is 1. The molecule has 0 bridgehead atoms. The van der Waals surface area contributed by atoms with Gasteiger partial charge in [-0.05, 0) is 42.8 Å². The molecule has 0 aliphatic carbocycles. The molecule has 2 heterocycles. The summed E-state index contributed by atoms with van der Waals surface area (Å²) >= 11 is 0. The topological polar surface area (TPSA) is 94.2 Å². The summed E-state index contributed by atoms with van der Waals surface area (Å²) in [5, 5.41) is 0. The molecule has 0 saturated carbocycles. The minimum Gasteiger partial charge on any atom is -0.408 e. The Morgan fingerprint density at radius 1 is 1.23 bits per heavy atom. The average Bonchev–Trinajstić information content (AvgIpc) is 2.73. The van der Waals surface area contributed by atoms with Crippen LogP contribution in [0.5, 0.6) is 0 Å². The van der Waals surface area contributed by atoms with Gasteiger partial charge in [0.2, 0.25) is 0 Å². The maximum absolute atomic E-state index is 12.4. The van der Waals surface area contributed by atoms with E-state index >= 15 is 0 Å². The molecule has 0 saturated heterocycles. The Morgan fingerprint density at radius 3 is 2.73 bits per heavy atom. The predicted octanol–water partition coefficient (Wildman–Crippen LogP) is 1.64. The van der Waals surface area contributed by atoms with E-state index in [1.54, 1.807) is 12.1 Å². The van der Waals surface area contributed by atoms with Crippen molar-refractivity contribution >= 4 is 26.9 Å². The van der Waals surface area contributed by atoms with Crippen LogP contribution < -0.4 is 10.5 Å². The second-order valence-corrected chi connectivity index (χ2v) is 6.56. The van der Waals surface area contributed by atoms with Gasteiger partial charge >= 0.3 is 5.76 Å². The first kappa shape index (κ1) is 14.3. The third-order valence-corrected chi connectivity index (χ3v) is 4.58. The molecule has 3 rings (SSSR count). The second-order valence-electron chi connectivity index (χ2n) is 4.88. The van der Waals surface area contributed by atoms with Crippen molar-refractivity contribution in [2.24, 2.45) is 7.05 Å². The Balaban J connectivity index is 2.05. The van der Waals surface area contributed by atoms with Gasteiger partial charge in [-0.1, -0.05) is 0 Å². The fraction of sp³-hybridized carbons (Fsp3) is 0.143. The summed E-state index contributed by atoms with van der Waals surface area (Å²) in [5.41, 5.74) is 1.63. The van der Waals surface area contributed by atoms with Crippen molar-refractivity contribution in [1.82, 2.24) is 9.55 Å².